The molecule has 0 radical (unpaired) electrons. The van der Waals surface area contributed by atoms with E-state index in [1.54, 1.807) is 25.1 Å². The number of nitrogens with one attached hydrogen (secondary N) is 2. The molecule has 1 aliphatic carbocycles. The number of alkyl halides is 3. The van der Waals surface area contributed by atoms with Crippen molar-refractivity contribution in [2.24, 2.45) is 0 Å². The Balaban J connectivity index is 1.51. The maximum Gasteiger partial charge on any atom is 0.416 e. The molecule has 1 aliphatic heterocycles. The van der Waals surface area contributed by atoms with E-state index in [-0.39, 0.29) is 39.0 Å². The Morgan fingerprint density at radius 3 is 2.48 bits per heavy atom. The summed E-state index contributed by atoms with van der Waals surface area (Å²) >= 11 is 6.22. The van der Waals surface area contributed by atoms with Crippen LogP contribution in [0.3, 0.4) is 0 Å². The van der Waals surface area contributed by atoms with Gasteiger partial charge in [-0.25, -0.2) is 8.42 Å². The van der Waals surface area contributed by atoms with E-state index >= 15 is 0 Å². The minimum absolute atomic E-state index is 0.0125. The van der Waals surface area contributed by atoms with E-state index in [1.165, 1.54) is 35.6 Å². The lowest BCUT2D eigenvalue weighted by molar-refractivity contribution is -0.137. The average molecular weight is 622 g/mol. The lowest BCUT2D eigenvalue weighted by atomic mass is 9.99. The molecule has 222 valence electrons. The SMILES string of the molecule is CNC(=O)C[C@H](NC(=O)c1ccc2c(c1)N(S(=O)(=O)c1cccc(C)c1)CC1(CC1)O2)c1cc(C(F)(F)F)ccc1Cl. The molecule has 3 aromatic carbocycles. The zero-order valence-corrected chi connectivity index (χ0v) is 24.2. The summed E-state index contributed by atoms with van der Waals surface area (Å²) in [6.07, 6.45) is -3.72. The second-order valence-corrected chi connectivity index (χ2v) is 12.7. The first-order chi connectivity index (χ1) is 19.7. The highest BCUT2D eigenvalue weighted by molar-refractivity contribution is 7.92. The molecular formula is C29H27ClF3N3O5S. The van der Waals surface area contributed by atoms with E-state index < -0.39 is 51.6 Å². The Labute approximate surface area is 245 Å². The highest BCUT2D eigenvalue weighted by Gasteiger charge is 2.52. The third-order valence-electron chi connectivity index (χ3n) is 7.31. The summed E-state index contributed by atoms with van der Waals surface area (Å²) in [6.45, 7) is 1.84. The number of carbonyl (C=O) groups excluding carboxylic acids is 2. The number of aryl methyl sites for hydroxylation is 1. The van der Waals surface area contributed by atoms with Crippen LogP contribution in [0.2, 0.25) is 5.02 Å². The first-order valence-electron chi connectivity index (χ1n) is 13.0. The molecule has 2 N–H and O–H groups in total. The first-order valence-corrected chi connectivity index (χ1v) is 14.8. The molecule has 0 saturated heterocycles. The van der Waals surface area contributed by atoms with Gasteiger partial charge in [0.15, 0.2) is 0 Å². The predicted molar refractivity (Wildman–Crippen MR) is 150 cm³/mol. The van der Waals surface area contributed by atoms with Crippen molar-refractivity contribution in [3.63, 3.8) is 0 Å². The average Bonchev–Trinajstić information content (AvgIpc) is 3.69. The fraction of sp³-hybridized carbons (Fsp3) is 0.310. The zero-order valence-electron chi connectivity index (χ0n) is 22.6. The standard InChI is InChI=1S/C29H27ClF3N3O5S/c1-17-4-3-5-20(12-17)42(39,40)36-16-28(10-11-28)41-25-9-6-18(13-24(25)36)27(38)35-23(15-26(37)34-2)21-14-19(29(31,32)33)7-8-22(21)30/h3-9,12-14,23H,10-11,15-16H2,1-2H3,(H,34,37)(H,35,38)/t23-/m0/s1. The van der Waals surface area contributed by atoms with Gasteiger partial charge in [-0.05, 0) is 79.4 Å². The van der Waals surface area contributed by atoms with Gasteiger partial charge in [0.25, 0.3) is 15.9 Å². The van der Waals surface area contributed by atoms with Crippen LogP contribution in [0.4, 0.5) is 18.9 Å². The van der Waals surface area contributed by atoms with Gasteiger partial charge in [0, 0.05) is 17.6 Å². The molecule has 2 amide bonds. The van der Waals surface area contributed by atoms with Crippen molar-refractivity contribution >= 4 is 39.1 Å². The van der Waals surface area contributed by atoms with Crippen LogP contribution in [-0.4, -0.2) is 39.4 Å². The lowest BCUT2D eigenvalue weighted by Crippen LogP contribution is -2.45. The van der Waals surface area contributed by atoms with E-state index in [0.717, 1.165) is 23.8 Å². The molecule has 1 saturated carbocycles. The van der Waals surface area contributed by atoms with Gasteiger partial charge in [0.2, 0.25) is 5.91 Å². The Bertz CT molecular complexity index is 1680. The Morgan fingerprint density at radius 1 is 1.10 bits per heavy atom. The van der Waals surface area contributed by atoms with Crippen molar-refractivity contribution in [2.75, 3.05) is 17.9 Å². The van der Waals surface area contributed by atoms with Crippen LogP contribution in [0.15, 0.2) is 65.6 Å². The second-order valence-electron chi connectivity index (χ2n) is 10.4. The maximum absolute atomic E-state index is 13.8. The highest BCUT2D eigenvalue weighted by atomic mass is 35.5. The van der Waals surface area contributed by atoms with E-state index in [0.29, 0.717) is 12.8 Å². The van der Waals surface area contributed by atoms with Crippen molar-refractivity contribution in [1.82, 2.24) is 10.6 Å². The Hall–Kier alpha value is -3.77. The van der Waals surface area contributed by atoms with Crippen molar-refractivity contribution in [2.45, 2.75) is 48.9 Å². The number of sulfonamides is 1. The van der Waals surface area contributed by atoms with Crippen molar-refractivity contribution in [3.8, 4) is 5.75 Å². The fourth-order valence-electron chi connectivity index (χ4n) is 4.82. The summed E-state index contributed by atoms with van der Waals surface area (Å²) in [5.41, 5.74) is -0.805. The smallest absolute Gasteiger partial charge is 0.416 e. The van der Waals surface area contributed by atoms with Gasteiger partial charge in [0.05, 0.1) is 35.2 Å². The number of ether oxygens (including phenoxy) is 1. The number of fused-ring (bicyclic) bond motifs is 1. The van der Waals surface area contributed by atoms with Crippen LogP contribution < -0.4 is 19.7 Å². The largest absolute Gasteiger partial charge is 0.483 e. The molecule has 0 bridgehead atoms. The van der Waals surface area contributed by atoms with Gasteiger partial charge >= 0.3 is 6.18 Å². The van der Waals surface area contributed by atoms with Crippen LogP contribution in [-0.2, 0) is 21.0 Å². The van der Waals surface area contributed by atoms with Gasteiger partial charge in [0.1, 0.15) is 11.4 Å². The van der Waals surface area contributed by atoms with Crippen LogP contribution >= 0.6 is 11.6 Å². The molecule has 42 heavy (non-hydrogen) atoms. The van der Waals surface area contributed by atoms with E-state index in [2.05, 4.69) is 10.6 Å². The molecule has 1 atom stereocenters. The Morgan fingerprint density at radius 2 is 1.83 bits per heavy atom. The zero-order chi connectivity index (χ0) is 30.4. The minimum Gasteiger partial charge on any atom is -0.483 e. The minimum atomic E-state index is -4.68. The van der Waals surface area contributed by atoms with Crippen LogP contribution in [0.1, 0.15) is 52.4 Å². The van der Waals surface area contributed by atoms with E-state index in [1.807, 2.05) is 0 Å². The molecule has 1 heterocycles. The summed E-state index contributed by atoms with van der Waals surface area (Å²) < 4.78 is 75.2. The van der Waals surface area contributed by atoms with Crippen molar-refractivity contribution < 1.29 is 35.9 Å². The summed E-state index contributed by atoms with van der Waals surface area (Å²) in [7, 11) is -2.68. The molecule has 1 fully saturated rings. The van der Waals surface area contributed by atoms with Gasteiger partial charge in [-0.2, -0.15) is 13.2 Å². The third kappa shape index (κ3) is 5.91. The summed E-state index contributed by atoms with van der Waals surface area (Å²) in [5, 5.41) is 4.93. The summed E-state index contributed by atoms with van der Waals surface area (Å²) in [5.74, 6) is -1.01. The second kappa shape index (κ2) is 10.8. The number of hydrogen-bond acceptors (Lipinski definition) is 5. The number of carbonyl (C=O) groups is 2. The molecule has 8 nitrogen and oxygen atoms in total. The molecule has 2 aliphatic rings. The van der Waals surface area contributed by atoms with Crippen LogP contribution in [0.25, 0.3) is 0 Å². The maximum atomic E-state index is 13.8. The van der Waals surface area contributed by atoms with Gasteiger partial charge in [-0.15, -0.1) is 0 Å². The highest BCUT2D eigenvalue weighted by Crippen LogP contribution is 2.50. The number of benzene rings is 3. The monoisotopic (exact) mass is 621 g/mol. The number of anilines is 1. The lowest BCUT2D eigenvalue weighted by Gasteiger charge is -2.36. The van der Waals surface area contributed by atoms with Crippen LogP contribution in [0, 0.1) is 6.92 Å². The molecule has 13 heteroatoms. The molecule has 0 aromatic heterocycles. The topological polar surface area (TPSA) is 105 Å². The number of nitrogens with zero attached hydrogens (tertiary/aromatic N) is 1. The quantitative estimate of drug-likeness (QED) is 0.368. The van der Waals surface area contributed by atoms with Crippen molar-refractivity contribution in [1.29, 1.82) is 0 Å². The molecular weight excluding hydrogens is 595 g/mol. The van der Waals surface area contributed by atoms with Gasteiger partial charge < -0.3 is 15.4 Å². The van der Waals surface area contributed by atoms with E-state index in [4.69, 9.17) is 16.3 Å². The number of amides is 2. The molecule has 1 spiro atoms. The van der Waals surface area contributed by atoms with Crippen molar-refractivity contribution in [3.05, 3.63) is 87.9 Å². The van der Waals surface area contributed by atoms with Gasteiger partial charge in [-0.3, -0.25) is 13.9 Å². The number of halogens is 4. The summed E-state index contributed by atoms with van der Waals surface area (Å²) in [6, 6.07) is 12.2. The third-order valence-corrected chi connectivity index (χ3v) is 9.41. The molecule has 5 rings (SSSR count). The van der Waals surface area contributed by atoms with Crippen LogP contribution in [0.5, 0.6) is 5.75 Å². The normalized spacial score (nSPS) is 16.3. The van der Waals surface area contributed by atoms with Gasteiger partial charge in [-0.1, -0.05) is 23.7 Å². The Kier molecular flexibility index (Phi) is 7.65. The fourth-order valence-corrected chi connectivity index (χ4v) is 6.72. The molecule has 0 unspecified atom stereocenters. The summed E-state index contributed by atoms with van der Waals surface area (Å²) in [4.78, 5) is 25.8. The number of hydrogen-bond donors (Lipinski definition) is 2. The predicted octanol–water partition coefficient (Wildman–Crippen LogP) is 5.39. The number of rotatable bonds is 7. The first kappa shape index (κ1) is 29.7. The van der Waals surface area contributed by atoms with E-state index in [9.17, 15) is 31.2 Å². The molecule has 3 aromatic rings.